The Bertz CT molecular complexity index is 895. The molecule has 4 rings (SSSR count). The lowest BCUT2D eigenvalue weighted by Gasteiger charge is -2.17. The van der Waals surface area contributed by atoms with Crippen LogP contribution in [-0.4, -0.2) is 45.4 Å². The SMILES string of the molecule is COC(=O)C1=NOC(CSc2nnc(-c3ccccc3Cl)n2C2CCCC2)C1. The van der Waals surface area contributed by atoms with E-state index in [-0.39, 0.29) is 6.10 Å². The van der Waals surface area contributed by atoms with Gasteiger partial charge in [0, 0.05) is 23.8 Å². The number of rotatable bonds is 6. The van der Waals surface area contributed by atoms with Gasteiger partial charge in [-0.2, -0.15) is 0 Å². The summed E-state index contributed by atoms with van der Waals surface area (Å²) < 4.78 is 6.92. The van der Waals surface area contributed by atoms with Gasteiger partial charge >= 0.3 is 5.97 Å². The zero-order valence-electron chi connectivity index (χ0n) is 15.5. The van der Waals surface area contributed by atoms with Crippen molar-refractivity contribution < 1.29 is 14.4 Å². The number of hydrogen-bond acceptors (Lipinski definition) is 7. The summed E-state index contributed by atoms with van der Waals surface area (Å²) in [6.45, 7) is 0. The van der Waals surface area contributed by atoms with Crippen molar-refractivity contribution in [1.82, 2.24) is 14.8 Å². The fourth-order valence-electron chi connectivity index (χ4n) is 3.62. The van der Waals surface area contributed by atoms with E-state index < -0.39 is 5.97 Å². The fraction of sp³-hybridized carbons (Fsp3) is 0.474. The Morgan fingerprint density at radius 3 is 2.86 bits per heavy atom. The molecule has 1 unspecified atom stereocenters. The molecule has 2 aromatic rings. The average Bonchev–Trinajstić information content (AvgIpc) is 3.45. The monoisotopic (exact) mass is 420 g/mol. The van der Waals surface area contributed by atoms with Gasteiger partial charge in [-0.25, -0.2) is 4.79 Å². The van der Waals surface area contributed by atoms with Crippen molar-refractivity contribution in [3.05, 3.63) is 29.3 Å². The lowest BCUT2D eigenvalue weighted by atomic mass is 10.2. The number of esters is 1. The van der Waals surface area contributed by atoms with Crippen LogP contribution in [0, 0.1) is 0 Å². The van der Waals surface area contributed by atoms with Crippen LogP contribution in [0.4, 0.5) is 0 Å². The summed E-state index contributed by atoms with van der Waals surface area (Å²) in [7, 11) is 1.34. The molecule has 0 amide bonds. The molecular weight excluding hydrogens is 400 g/mol. The Morgan fingerprint density at radius 2 is 2.11 bits per heavy atom. The van der Waals surface area contributed by atoms with Gasteiger partial charge in [-0.05, 0) is 25.0 Å². The minimum Gasteiger partial charge on any atom is -0.464 e. The third kappa shape index (κ3) is 3.89. The number of methoxy groups -OCH3 is 1. The molecule has 0 bridgehead atoms. The molecule has 1 aromatic heterocycles. The molecule has 0 N–H and O–H groups in total. The van der Waals surface area contributed by atoms with Crippen molar-refractivity contribution in [2.24, 2.45) is 5.16 Å². The van der Waals surface area contributed by atoms with E-state index in [2.05, 4.69) is 19.9 Å². The Balaban J connectivity index is 1.53. The number of hydrogen-bond donors (Lipinski definition) is 0. The zero-order valence-corrected chi connectivity index (χ0v) is 17.1. The quantitative estimate of drug-likeness (QED) is 0.516. The van der Waals surface area contributed by atoms with Crippen molar-refractivity contribution in [3.63, 3.8) is 0 Å². The van der Waals surface area contributed by atoms with Gasteiger partial charge in [0.1, 0.15) is 6.10 Å². The highest BCUT2D eigenvalue weighted by Gasteiger charge is 2.29. The van der Waals surface area contributed by atoms with Gasteiger partial charge in [0.05, 0.1) is 12.1 Å². The average molecular weight is 421 g/mol. The molecule has 148 valence electrons. The van der Waals surface area contributed by atoms with E-state index >= 15 is 0 Å². The van der Waals surface area contributed by atoms with Crippen LogP contribution in [-0.2, 0) is 14.4 Å². The topological polar surface area (TPSA) is 78.6 Å². The first-order valence-corrected chi connectivity index (χ1v) is 10.7. The van der Waals surface area contributed by atoms with Crippen LogP contribution in [0.25, 0.3) is 11.4 Å². The second kappa shape index (κ2) is 8.53. The Kier molecular flexibility index (Phi) is 5.87. The molecule has 9 heteroatoms. The number of benzene rings is 1. The molecule has 0 spiro atoms. The van der Waals surface area contributed by atoms with Crippen molar-refractivity contribution in [2.45, 2.75) is 49.4 Å². The normalized spacial score (nSPS) is 19.5. The zero-order chi connectivity index (χ0) is 19.5. The fourth-order valence-corrected chi connectivity index (χ4v) is 4.82. The van der Waals surface area contributed by atoms with Crippen LogP contribution in [0.2, 0.25) is 5.02 Å². The molecule has 1 aromatic carbocycles. The molecule has 28 heavy (non-hydrogen) atoms. The van der Waals surface area contributed by atoms with Gasteiger partial charge in [-0.15, -0.1) is 10.2 Å². The van der Waals surface area contributed by atoms with Crippen LogP contribution in [0.3, 0.4) is 0 Å². The smallest absolute Gasteiger partial charge is 0.355 e. The lowest BCUT2D eigenvalue weighted by molar-refractivity contribution is -0.132. The third-order valence-electron chi connectivity index (χ3n) is 5.02. The van der Waals surface area contributed by atoms with Crippen LogP contribution in [0.1, 0.15) is 38.1 Å². The maximum atomic E-state index is 11.6. The van der Waals surface area contributed by atoms with Crippen molar-refractivity contribution in [2.75, 3.05) is 12.9 Å². The minimum atomic E-state index is -0.442. The number of carbonyl (C=O) groups excluding carboxylic acids is 1. The second-order valence-electron chi connectivity index (χ2n) is 6.87. The maximum Gasteiger partial charge on any atom is 0.355 e. The summed E-state index contributed by atoms with van der Waals surface area (Å²) >= 11 is 7.99. The summed E-state index contributed by atoms with van der Waals surface area (Å²) in [4.78, 5) is 16.9. The standard InChI is InChI=1S/C19H21ClN4O3S/c1-26-18(25)16-10-13(27-23-16)11-28-19-22-21-17(14-8-4-5-9-15(14)20)24(19)12-6-2-3-7-12/h4-5,8-9,12-13H,2-3,6-7,10-11H2,1H3. The van der Waals surface area contributed by atoms with E-state index in [1.807, 2.05) is 24.3 Å². The minimum absolute atomic E-state index is 0.184. The van der Waals surface area contributed by atoms with Crippen molar-refractivity contribution in [3.8, 4) is 11.4 Å². The number of nitrogens with zero attached hydrogens (tertiary/aromatic N) is 4. The van der Waals surface area contributed by atoms with Crippen LogP contribution in [0.5, 0.6) is 0 Å². The first kappa shape index (κ1) is 19.3. The summed E-state index contributed by atoms with van der Waals surface area (Å²) in [6, 6.07) is 8.08. The largest absolute Gasteiger partial charge is 0.464 e. The van der Waals surface area contributed by atoms with E-state index in [9.17, 15) is 4.79 Å². The Hall–Kier alpha value is -2.06. The van der Waals surface area contributed by atoms with Crippen LogP contribution < -0.4 is 0 Å². The molecule has 7 nitrogen and oxygen atoms in total. The van der Waals surface area contributed by atoms with Gasteiger partial charge in [0.25, 0.3) is 0 Å². The summed E-state index contributed by atoms with van der Waals surface area (Å²) in [6.07, 6.45) is 4.89. The molecule has 2 heterocycles. The number of halogens is 1. The van der Waals surface area contributed by atoms with E-state index in [0.717, 1.165) is 29.4 Å². The lowest BCUT2D eigenvalue weighted by Crippen LogP contribution is -2.18. The van der Waals surface area contributed by atoms with Gasteiger partial charge in [-0.1, -0.05) is 53.5 Å². The molecule has 1 aliphatic carbocycles. The van der Waals surface area contributed by atoms with E-state index in [1.54, 1.807) is 11.8 Å². The third-order valence-corrected chi connectivity index (χ3v) is 6.43. The highest BCUT2D eigenvalue weighted by Crippen LogP contribution is 2.38. The molecule has 2 aliphatic rings. The number of thioether (sulfide) groups is 1. The van der Waals surface area contributed by atoms with Gasteiger partial charge in [0.15, 0.2) is 16.7 Å². The molecule has 1 saturated carbocycles. The first-order chi connectivity index (χ1) is 13.7. The molecule has 1 aliphatic heterocycles. The molecule has 0 radical (unpaired) electrons. The summed E-state index contributed by atoms with van der Waals surface area (Å²) in [5.41, 5.74) is 1.21. The van der Waals surface area contributed by atoms with Gasteiger partial charge in [0.2, 0.25) is 0 Å². The number of carbonyl (C=O) groups is 1. The van der Waals surface area contributed by atoms with Gasteiger partial charge in [-0.3, -0.25) is 4.57 Å². The molecule has 1 atom stereocenters. The second-order valence-corrected chi connectivity index (χ2v) is 8.26. The molecule has 0 saturated heterocycles. The molecule has 1 fully saturated rings. The number of aromatic nitrogens is 3. The molecular formula is C19H21ClN4O3S. The highest BCUT2D eigenvalue weighted by atomic mass is 35.5. The van der Waals surface area contributed by atoms with E-state index in [0.29, 0.717) is 28.9 Å². The number of ether oxygens (including phenoxy) is 1. The van der Waals surface area contributed by atoms with E-state index in [4.69, 9.17) is 21.2 Å². The summed E-state index contributed by atoms with van der Waals surface area (Å²) in [5, 5.41) is 14.2. The summed E-state index contributed by atoms with van der Waals surface area (Å²) in [5.74, 6) is 0.985. The highest BCUT2D eigenvalue weighted by molar-refractivity contribution is 7.99. The van der Waals surface area contributed by atoms with Crippen LogP contribution in [0.15, 0.2) is 34.6 Å². The first-order valence-electron chi connectivity index (χ1n) is 9.31. The predicted octanol–water partition coefficient (Wildman–Crippen LogP) is 4.12. The predicted molar refractivity (Wildman–Crippen MR) is 108 cm³/mol. The maximum absolute atomic E-state index is 11.6. The van der Waals surface area contributed by atoms with E-state index in [1.165, 1.54) is 20.0 Å². The van der Waals surface area contributed by atoms with Crippen molar-refractivity contribution in [1.29, 1.82) is 0 Å². The Morgan fingerprint density at radius 1 is 1.32 bits per heavy atom. The van der Waals surface area contributed by atoms with Gasteiger partial charge < -0.3 is 9.57 Å². The van der Waals surface area contributed by atoms with Crippen LogP contribution >= 0.6 is 23.4 Å². The number of oxime groups is 1. The Labute approximate surface area is 172 Å². The van der Waals surface area contributed by atoms with Crippen molar-refractivity contribution >= 4 is 35.0 Å².